The van der Waals surface area contributed by atoms with Crippen LogP contribution < -0.4 is 5.73 Å². The van der Waals surface area contributed by atoms with E-state index in [1.807, 2.05) is 11.6 Å². The first-order valence-electron chi connectivity index (χ1n) is 8.05. The summed E-state index contributed by atoms with van der Waals surface area (Å²) in [4.78, 5) is 7.07. The van der Waals surface area contributed by atoms with Gasteiger partial charge in [0.1, 0.15) is 5.52 Å². The topological polar surface area (TPSA) is 64.9 Å². The van der Waals surface area contributed by atoms with Crippen molar-refractivity contribution < 1.29 is 0 Å². The summed E-state index contributed by atoms with van der Waals surface area (Å²) in [5.74, 6) is 0.609. The van der Waals surface area contributed by atoms with Crippen LogP contribution in [0.5, 0.6) is 0 Å². The van der Waals surface area contributed by atoms with Crippen molar-refractivity contribution >= 4 is 17.1 Å². The molecule has 3 rings (SSSR count). The molecule has 6 nitrogen and oxygen atoms in total. The summed E-state index contributed by atoms with van der Waals surface area (Å²) in [7, 11) is 0. The van der Waals surface area contributed by atoms with Gasteiger partial charge < -0.3 is 10.6 Å². The van der Waals surface area contributed by atoms with Crippen molar-refractivity contribution in [3.8, 4) is 0 Å². The van der Waals surface area contributed by atoms with E-state index in [1.54, 1.807) is 0 Å². The summed E-state index contributed by atoms with van der Waals surface area (Å²) >= 11 is 0. The Morgan fingerprint density at radius 3 is 2.62 bits per heavy atom. The second-order valence-corrected chi connectivity index (χ2v) is 6.12. The van der Waals surface area contributed by atoms with Crippen LogP contribution in [0.15, 0.2) is 0 Å². The second kappa shape index (κ2) is 5.67. The number of aryl methyl sites for hydroxylation is 2. The van der Waals surface area contributed by atoms with E-state index in [4.69, 9.17) is 5.73 Å². The smallest absolute Gasteiger partial charge is 0.202 e. The number of nitrogens with two attached hydrogens (primary N) is 1. The molecule has 0 amide bonds. The monoisotopic (exact) mass is 290 g/mol. The molecule has 6 heteroatoms. The summed E-state index contributed by atoms with van der Waals surface area (Å²) in [5.41, 5.74) is 9.16. The quantitative estimate of drug-likeness (QED) is 0.937. The van der Waals surface area contributed by atoms with Gasteiger partial charge in [-0.25, -0.2) is 9.67 Å². The number of nitrogen functional groups attached to an aromatic ring is 1. The third-order valence-corrected chi connectivity index (χ3v) is 4.48. The van der Waals surface area contributed by atoms with Crippen molar-refractivity contribution in [2.24, 2.45) is 0 Å². The highest BCUT2D eigenvalue weighted by atomic mass is 15.4. The SMILES string of the molecule is CCn1nc(C)c2nc(N)n(C(C)CN3CCCCC3)c21. The van der Waals surface area contributed by atoms with Crippen LogP contribution in [0.3, 0.4) is 0 Å². The molecule has 3 heterocycles. The third-order valence-electron chi connectivity index (χ3n) is 4.48. The Balaban J connectivity index is 1.92. The maximum atomic E-state index is 6.19. The molecule has 0 aliphatic carbocycles. The van der Waals surface area contributed by atoms with Crippen molar-refractivity contribution in [1.29, 1.82) is 0 Å². The van der Waals surface area contributed by atoms with Crippen molar-refractivity contribution in [1.82, 2.24) is 24.2 Å². The molecule has 1 unspecified atom stereocenters. The molecule has 1 aliphatic rings. The van der Waals surface area contributed by atoms with Crippen molar-refractivity contribution in [2.45, 2.75) is 52.6 Å². The standard InChI is InChI=1S/C15H26N6/c1-4-20-14-13(12(3)18-20)17-15(16)21(14)11(2)10-19-8-6-5-7-9-19/h11H,4-10H2,1-3H3,(H2,16,17). The van der Waals surface area contributed by atoms with Gasteiger partial charge in [0.05, 0.1) is 5.69 Å². The summed E-state index contributed by atoms with van der Waals surface area (Å²) in [6, 6.07) is 0.314. The van der Waals surface area contributed by atoms with Crippen LogP contribution in [0.4, 0.5) is 5.95 Å². The molecule has 0 spiro atoms. The first-order valence-corrected chi connectivity index (χ1v) is 8.05. The van der Waals surface area contributed by atoms with E-state index in [-0.39, 0.29) is 0 Å². The Morgan fingerprint density at radius 1 is 1.24 bits per heavy atom. The predicted molar refractivity (Wildman–Crippen MR) is 85.3 cm³/mol. The zero-order valence-corrected chi connectivity index (χ0v) is 13.3. The molecule has 2 aromatic heterocycles. The molecule has 21 heavy (non-hydrogen) atoms. The van der Waals surface area contributed by atoms with E-state index >= 15 is 0 Å². The van der Waals surface area contributed by atoms with Gasteiger partial charge in [0, 0.05) is 19.1 Å². The molecule has 1 saturated heterocycles. The number of rotatable bonds is 4. The summed E-state index contributed by atoms with van der Waals surface area (Å²) in [5, 5.41) is 4.56. The normalized spacial score (nSPS) is 18.4. The summed E-state index contributed by atoms with van der Waals surface area (Å²) in [6.07, 6.45) is 3.99. The van der Waals surface area contributed by atoms with Gasteiger partial charge in [0.25, 0.3) is 0 Å². The lowest BCUT2D eigenvalue weighted by molar-refractivity contribution is 0.203. The fourth-order valence-electron chi connectivity index (χ4n) is 3.46. The van der Waals surface area contributed by atoms with Gasteiger partial charge in [0.2, 0.25) is 5.95 Å². The Bertz CT molecular complexity index is 620. The number of hydrogen-bond acceptors (Lipinski definition) is 4. The van der Waals surface area contributed by atoms with E-state index < -0.39 is 0 Å². The van der Waals surface area contributed by atoms with Crippen LogP contribution in [0, 0.1) is 6.92 Å². The van der Waals surface area contributed by atoms with Crippen LogP contribution in [-0.2, 0) is 6.54 Å². The van der Waals surface area contributed by atoms with Gasteiger partial charge >= 0.3 is 0 Å². The van der Waals surface area contributed by atoms with Gasteiger partial charge in [-0.05, 0) is 46.7 Å². The van der Waals surface area contributed by atoms with Gasteiger partial charge in [-0.2, -0.15) is 5.10 Å². The summed E-state index contributed by atoms with van der Waals surface area (Å²) in [6.45, 7) is 10.6. The molecule has 0 radical (unpaired) electrons. The molecule has 0 saturated carbocycles. The zero-order valence-electron chi connectivity index (χ0n) is 13.3. The number of imidazole rings is 1. The van der Waals surface area contributed by atoms with E-state index in [9.17, 15) is 0 Å². The van der Waals surface area contributed by atoms with Crippen LogP contribution >= 0.6 is 0 Å². The Labute approximate surface area is 125 Å². The fraction of sp³-hybridized carbons (Fsp3) is 0.733. The van der Waals surface area contributed by atoms with Crippen molar-refractivity contribution in [3.05, 3.63) is 5.69 Å². The maximum Gasteiger partial charge on any atom is 0.202 e. The van der Waals surface area contributed by atoms with E-state index in [2.05, 4.69) is 33.4 Å². The largest absolute Gasteiger partial charge is 0.369 e. The number of nitrogens with zero attached hydrogens (tertiary/aromatic N) is 5. The van der Waals surface area contributed by atoms with Crippen molar-refractivity contribution in [2.75, 3.05) is 25.4 Å². The minimum absolute atomic E-state index is 0.314. The van der Waals surface area contributed by atoms with E-state index in [0.717, 1.165) is 29.9 Å². The third kappa shape index (κ3) is 2.52. The Hall–Kier alpha value is -1.56. The number of anilines is 1. The fourth-order valence-corrected chi connectivity index (χ4v) is 3.46. The van der Waals surface area contributed by atoms with Gasteiger partial charge in [0.15, 0.2) is 5.65 Å². The lowest BCUT2D eigenvalue weighted by Crippen LogP contribution is -2.34. The van der Waals surface area contributed by atoms with Gasteiger partial charge in [-0.15, -0.1) is 0 Å². The van der Waals surface area contributed by atoms with Crippen LogP contribution in [0.25, 0.3) is 11.2 Å². The molecular formula is C15H26N6. The lowest BCUT2D eigenvalue weighted by atomic mass is 10.1. The van der Waals surface area contributed by atoms with Crippen LogP contribution in [0.1, 0.15) is 44.8 Å². The molecule has 1 fully saturated rings. The Morgan fingerprint density at radius 2 is 1.95 bits per heavy atom. The molecular weight excluding hydrogens is 264 g/mol. The first-order chi connectivity index (χ1) is 10.1. The zero-order chi connectivity index (χ0) is 15.0. The van der Waals surface area contributed by atoms with E-state index in [1.165, 1.54) is 32.4 Å². The minimum Gasteiger partial charge on any atom is -0.369 e. The van der Waals surface area contributed by atoms with Gasteiger partial charge in [-0.1, -0.05) is 6.42 Å². The summed E-state index contributed by atoms with van der Waals surface area (Å²) < 4.78 is 4.17. The van der Waals surface area contributed by atoms with Gasteiger partial charge in [-0.3, -0.25) is 4.57 Å². The number of piperidine rings is 1. The van der Waals surface area contributed by atoms with Crippen LogP contribution in [-0.4, -0.2) is 43.9 Å². The predicted octanol–water partition coefficient (Wildman–Crippen LogP) is 2.19. The molecule has 0 bridgehead atoms. The lowest BCUT2D eigenvalue weighted by Gasteiger charge is -2.30. The second-order valence-electron chi connectivity index (χ2n) is 6.12. The average molecular weight is 290 g/mol. The molecule has 1 aliphatic heterocycles. The molecule has 116 valence electrons. The number of hydrogen-bond donors (Lipinski definition) is 1. The minimum atomic E-state index is 0.314. The molecule has 1 atom stereocenters. The van der Waals surface area contributed by atoms with Crippen LogP contribution in [0.2, 0.25) is 0 Å². The number of fused-ring (bicyclic) bond motifs is 1. The highest BCUT2D eigenvalue weighted by Gasteiger charge is 2.22. The Kier molecular flexibility index (Phi) is 3.89. The highest BCUT2D eigenvalue weighted by molar-refractivity contribution is 5.77. The number of aromatic nitrogens is 4. The first kappa shape index (κ1) is 14.4. The number of likely N-dealkylation sites (tertiary alicyclic amines) is 1. The molecule has 2 aromatic rings. The van der Waals surface area contributed by atoms with E-state index in [0.29, 0.717) is 12.0 Å². The average Bonchev–Trinajstić information content (AvgIpc) is 2.96. The maximum absolute atomic E-state index is 6.19. The molecule has 2 N–H and O–H groups in total. The molecule has 0 aromatic carbocycles. The highest BCUT2D eigenvalue weighted by Crippen LogP contribution is 2.26. The van der Waals surface area contributed by atoms with Crippen molar-refractivity contribution in [3.63, 3.8) is 0 Å².